The normalized spacial score (nSPS) is 12.0. The van der Waals surface area contributed by atoms with E-state index in [0.717, 1.165) is 11.1 Å². The summed E-state index contributed by atoms with van der Waals surface area (Å²) in [5.74, 6) is 1.33. The monoisotopic (exact) mass is 498 g/mol. The van der Waals surface area contributed by atoms with E-state index in [1.54, 1.807) is 20.3 Å². The molecule has 0 aliphatic rings. The zero-order chi connectivity index (χ0) is 25.3. The molecule has 0 saturated carbocycles. The van der Waals surface area contributed by atoms with Gasteiger partial charge in [-0.25, -0.2) is 13.1 Å². The Labute approximate surface area is 206 Å². The van der Waals surface area contributed by atoms with Crippen LogP contribution >= 0.6 is 0 Å². The number of sulfonamides is 1. The molecule has 0 spiro atoms. The Morgan fingerprint density at radius 1 is 0.914 bits per heavy atom. The van der Waals surface area contributed by atoms with E-state index in [-0.39, 0.29) is 30.0 Å². The van der Waals surface area contributed by atoms with Crippen LogP contribution in [0, 0.1) is 0 Å². The average Bonchev–Trinajstić information content (AvgIpc) is 2.88. The minimum atomic E-state index is -3.69. The lowest BCUT2D eigenvalue weighted by atomic mass is 10.1. The van der Waals surface area contributed by atoms with Gasteiger partial charge >= 0.3 is 0 Å². The molecule has 0 heterocycles. The van der Waals surface area contributed by atoms with Crippen LogP contribution in [0.25, 0.3) is 0 Å². The molecule has 1 atom stereocenters. The van der Waals surface area contributed by atoms with Crippen LogP contribution < -0.4 is 24.2 Å². The molecular weight excluding hydrogens is 468 g/mol. The second-order valence-electron chi connectivity index (χ2n) is 7.80. The summed E-state index contributed by atoms with van der Waals surface area (Å²) in [5.41, 5.74) is 1.91. The van der Waals surface area contributed by atoms with Gasteiger partial charge in [0, 0.05) is 6.54 Å². The van der Waals surface area contributed by atoms with Gasteiger partial charge in [0.15, 0.2) is 18.1 Å². The van der Waals surface area contributed by atoms with Gasteiger partial charge in [0.25, 0.3) is 5.91 Å². The lowest BCUT2D eigenvalue weighted by molar-refractivity contribution is -0.123. The molecule has 35 heavy (non-hydrogen) atoms. The van der Waals surface area contributed by atoms with Crippen LogP contribution in [-0.4, -0.2) is 41.7 Å². The number of hydrogen-bond donors (Lipinski definition) is 2. The summed E-state index contributed by atoms with van der Waals surface area (Å²) in [4.78, 5) is 12.3. The summed E-state index contributed by atoms with van der Waals surface area (Å²) in [6, 6.07) is 20.9. The molecule has 0 aliphatic carbocycles. The Morgan fingerprint density at radius 2 is 1.60 bits per heavy atom. The van der Waals surface area contributed by atoms with Crippen LogP contribution in [0.3, 0.4) is 0 Å². The zero-order valence-corrected chi connectivity index (χ0v) is 20.8. The van der Waals surface area contributed by atoms with E-state index in [1.807, 2.05) is 49.4 Å². The summed E-state index contributed by atoms with van der Waals surface area (Å²) in [6.07, 6.45) is 0.483. The molecule has 186 valence electrons. The number of rotatable bonds is 12. The lowest BCUT2D eigenvalue weighted by Gasteiger charge is -2.14. The van der Waals surface area contributed by atoms with E-state index < -0.39 is 10.0 Å². The molecule has 0 radical (unpaired) electrons. The van der Waals surface area contributed by atoms with Crippen molar-refractivity contribution in [3.05, 3.63) is 83.9 Å². The average molecular weight is 499 g/mol. The van der Waals surface area contributed by atoms with E-state index in [0.29, 0.717) is 23.7 Å². The third kappa shape index (κ3) is 7.46. The molecule has 3 rings (SSSR count). The molecule has 0 fully saturated rings. The number of benzene rings is 3. The van der Waals surface area contributed by atoms with Gasteiger partial charge in [-0.05, 0) is 60.9 Å². The number of nitrogens with one attached hydrogen (secondary N) is 2. The highest BCUT2D eigenvalue weighted by Gasteiger charge is 2.15. The van der Waals surface area contributed by atoms with Crippen LogP contribution in [0.15, 0.2) is 77.7 Å². The topological polar surface area (TPSA) is 103 Å². The van der Waals surface area contributed by atoms with Gasteiger partial charge in [0.05, 0.1) is 25.2 Å². The molecule has 2 N–H and O–H groups in total. The maximum absolute atomic E-state index is 12.6. The number of carbonyl (C=O) groups excluding carboxylic acids is 1. The van der Waals surface area contributed by atoms with Crippen molar-refractivity contribution in [1.29, 1.82) is 0 Å². The summed E-state index contributed by atoms with van der Waals surface area (Å²) < 4.78 is 43.8. The molecule has 9 heteroatoms. The van der Waals surface area contributed by atoms with Gasteiger partial charge in [-0.3, -0.25) is 4.79 Å². The highest BCUT2D eigenvalue weighted by atomic mass is 32.2. The van der Waals surface area contributed by atoms with Crippen LogP contribution in [-0.2, 0) is 21.2 Å². The number of methoxy groups -OCH3 is 2. The number of hydrogen-bond acceptors (Lipinski definition) is 6. The SMILES string of the molecule is COc1ccc(CCNS(=O)(=O)c2ccc(OCC(=O)N[C@@H](C)c3ccccc3)cc2)cc1OC. The smallest absolute Gasteiger partial charge is 0.258 e. The molecule has 0 bridgehead atoms. The molecule has 0 saturated heterocycles. The largest absolute Gasteiger partial charge is 0.493 e. The molecule has 1 amide bonds. The maximum atomic E-state index is 12.6. The van der Waals surface area contributed by atoms with E-state index in [4.69, 9.17) is 14.2 Å². The van der Waals surface area contributed by atoms with Gasteiger partial charge < -0.3 is 19.5 Å². The van der Waals surface area contributed by atoms with E-state index in [2.05, 4.69) is 10.0 Å². The standard InChI is InChI=1S/C26H30N2O6S/c1-19(21-7-5-4-6-8-21)28-26(29)18-34-22-10-12-23(13-11-22)35(30,31)27-16-15-20-9-14-24(32-2)25(17-20)33-3/h4-14,17,19,27H,15-16,18H2,1-3H3,(H,28,29)/t19-/m0/s1. The fraction of sp³-hybridized carbons (Fsp3) is 0.269. The Morgan fingerprint density at radius 3 is 2.26 bits per heavy atom. The molecule has 0 unspecified atom stereocenters. The van der Waals surface area contributed by atoms with Crippen molar-refractivity contribution in [2.75, 3.05) is 27.4 Å². The second kappa shape index (κ2) is 12.2. The third-order valence-electron chi connectivity index (χ3n) is 5.33. The first kappa shape index (κ1) is 26.1. The molecule has 8 nitrogen and oxygen atoms in total. The molecule has 0 aliphatic heterocycles. The first-order chi connectivity index (χ1) is 16.8. The zero-order valence-electron chi connectivity index (χ0n) is 20.0. The fourth-order valence-corrected chi connectivity index (χ4v) is 4.45. The Hall–Kier alpha value is -3.56. The van der Waals surface area contributed by atoms with Crippen molar-refractivity contribution >= 4 is 15.9 Å². The van der Waals surface area contributed by atoms with E-state index in [9.17, 15) is 13.2 Å². The van der Waals surface area contributed by atoms with Gasteiger partial charge in [0.1, 0.15) is 5.75 Å². The maximum Gasteiger partial charge on any atom is 0.258 e. The quantitative estimate of drug-likeness (QED) is 0.396. The van der Waals surface area contributed by atoms with Crippen molar-refractivity contribution in [3.63, 3.8) is 0 Å². The minimum Gasteiger partial charge on any atom is -0.493 e. The minimum absolute atomic E-state index is 0.110. The fourth-order valence-electron chi connectivity index (χ4n) is 3.42. The Balaban J connectivity index is 1.48. The van der Waals surface area contributed by atoms with Crippen molar-refractivity contribution in [3.8, 4) is 17.2 Å². The van der Waals surface area contributed by atoms with E-state index in [1.165, 1.54) is 24.3 Å². The Bertz CT molecular complexity index is 1210. The number of amides is 1. The molecule has 3 aromatic carbocycles. The first-order valence-corrected chi connectivity index (χ1v) is 12.6. The Kier molecular flexibility index (Phi) is 9.11. The van der Waals surface area contributed by atoms with Crippen LogP contribution in [0.1, 0.15) is 24.1 Å². The van der Waals surface area contributed by atoms with Gasteiger partial charge in [-0.15, -0.1) is 0 Å². The van der Waals surface area contributed by atoms with Gasteiger partial charge in [-0.2, -0.15) is 0 Å². The lowest BCUT2D eigenvalue weighted by Crippen LogP contribution is -2.31. The first-order valence-electron chi connectivity index (χ1n) is 11.1. The summed E-state index contributed by atoms with van der Waals surface area (Å²) >= 11 is 0. The highest BCUT2D eigenvalue weighted by Crippen LogP contribution is 2.27. The van der Waals surface area contributed by atoms with E-state index >= 15 is 0 Å². The van der Waals surface area contributed by atoms with Crippen molar-refractivity contribution < 1.29 is 27.4 Å². The number of ether oxygens (including phenoxy) is 3. The highest BCUT2D eigenvalue weighted by molar-refractivity contribution is 7.89. The summed E-state index contributed by atoms with van der Waals surface area (Å²) in [6.45, 7) is 1.94. The molecule has 3 aromatic rings. The van der Waals surface area contributed by atoms with Crippen LogP contribution in [0.5, 0.6) is 17.2 Å². The number of carbonyl (C=O) groups is 1. The summed E-state index contributed by atoms with van der Waals surface area (Å²) in [7, 11) is -0.585. The van der Waals surface area contributed by atoms with Crippen molar-refractivity contribution in [2.45, 2.75) is 24.3 Å². The molecule has 0 aromatic heterocycles. The van der Waals surface area contributed by atoms with Crippen molar-refractivity contribution in [1.82, 2.24) is 10.0 Å². The predicted molar refractivity (Wildman–Crippen MR) is 133 cm³/mol. The van der Waals surface area contributed by atoms with Gasteiger partial charge in [0.2, 0.25) is 10.0 Å². The summed E-state index contributed by atoms with van der Waals surface area (Å²) in [5, 5.41) is 2.87. The predicted octanol–water partition coefficient (Wildman–Crippen LogP) is 3.48. The van der Waals surface area contributed by atoms with Crippen LogP contribution in [0.4, 0.5) is 0 Å². The second-order valence-corrected chi connectivity index (χ2v) is 9.56. The van der Waals surface area contributed by atoms with Gasteiger partial charge in [-0.1, -0.05) is 36.4 Å². The van der Waals surface area contributed by atoms with Crippen LogP contribution in [0.2, 0.25) is 0 Å². The molecular formula is C26H30N2O6S. The van der Waals surface area contributed by atoms with Crippen molar-refractivity contribution in [2.24, 2.45) is 0 Å². The third-order valence-corrected chi connectivity index (χ3v) is 6.81.